The second-order valence-corrected chi connectivity index (χ2v) is 7.61. The van der Waals surface area contributed by atoms with E-state index in [0.717, 1.165) is 31.2 Å². The third-order valence-electron chi connectivity index (χ3n) is 4.21. The number of aromatic nitrogens is 3. The summed E-state index contributed by atoms with van der Waals surface area (Å²) in [5.41, 5.74) is 5.39. The van der Waals surface area contributed by atoms with Crippen LogP contribution >= 0.6 is 11.8 Å². The summed E-state index contributed by atoms with van der Waals surface area (Å²) in [7, 11) is 0. The molecular formula is C16H23N5O2S. The molecule has 2 N–H and O–H groups in total. The topological polar surface area (TPSA) is 90.2 Å². The average Bonchev–Trinajstić information content (AvgIpc) is 3.18. The summed E-state index contributed by atoms with van der Waals surface area (Å²) in [6, 6.07) is 3.79. The molecule has 0 saturated carbocycles. The number of carbonyl (C=O) groups excluding carboxylic acids is 1. The third-order valence-corrected chi connectivity index (χ3v) is 5.31. The van der Waals surface area contributed by atoms with E-state index in [0.29, 0.717) is 17.6 Å². The van der Waals surface area contributed by atoms with E-state index in [-0.39, 0.29) is 11.2 Å². The number of thioether (sulfide) groups is 1. The van der Waals surface area contributed by atoms with Crippen LogP contribution in [0.25, 0.3) is 0 Å². The maximum atomic E-state index is 11.4. The van der Waals surface area contributed by atoms with Crippen LogP contribution in [0.15, 0.2) is 28.0 Å². The van der Waals surface area contributed by atoms with Crippen LogP contribution in [0.4, 0.5) is 5.95 Å². The molecule has 2 atom stereocenters. The van der Waals surface area contributed by atoms with Crippen molar-refractivity contribution in [1.82, 2.24) is 14.8 Å². The van der Waals surface area contributed by atoms with Crippen molar-refractivity contribution < 1.29 is 9.21 Å². The number of hydrogen-bond acceptors (Lipinski definition) is 6. The van der Waals surface area contributed by atoms with E-state index in [1.165, 1.54) is 18.2 Å². The molecule has 2 aromatic heterocycles. The Hall–Kier alpha value is -1.96. The van der Waals surface area contributed by atoms with Gasteiger partial charge in [-0.2, -0.15) is 0 Å². The van der Waals surface area contributed by atoms with Gasteiger partial charge in [-0.15, -0.1) is 10.2 Å². The minimum absolute atomic E-state index is 0.360. The number of piperidine rings is 1. The number of anilines is 1. The van der Waals surface area contributed by atoms with E-state index in [1.807, 2.05) is 16.7 Å². The van der Waals surface area contributed by atoms with Crippen LogP contribution in [-0.4, -0.2) is 39.0 Å². The van der Waals surface area contributed by atoms with Crippen molar-refractivity contribution in [3.63, 3.8) is 0 Å². The highest BCUT2D eigenvalue weighted by atomic mass is 32.2. The first-order valence-corrected chi connectivity index (χ1v) is 9.09. The van der Waals surface area contributed by atoms with E-state index in [2.05, 4.69) is 22.0 Å². The molecule has 1 saturated heterocycles. The maximum Gasteiger partial charge on any atom is 0.230 e. The van der Waals surface area contributed by atoms with E-state index in [4.69, 9.17) is 10.2 Å². The smallest absolute Gasteiger partial charge is 0.230 e. The molecule has 3 rings (SSSR count). The Bertz CT molecular complexity index is 685. The molecule has 1 amide bonds. The van der Waals surface area contributed by atoms with Gasteiger partial charge >= 0.3 is 0 Å². The van der Waals surface area contributed by atoms with Gasteiger partial charge in [-0.3, -0.25) is 9.36 Å². The van der Waals surface area contributed by atoms with Crippen LogP contribution in [-0.2, 0) is 11.3 Å². The van der Waals surface area contributed by atoms with Crippen LogP contribution in [0, 0.1) is 5.92 Å². The van der Waals surface area contributed by atoms with E-state index < -0.39 is 0 Å². The minimum Gasteiger partial charge on any atom is -0.467 e. The third kappa shape index (κ3) is 3.75. The van der Waals surface area contributed by atoms with Crippen molar-refractivity contribution in [1.29, 1.82) is 0 Å². The molecule has 2 aromatic rings. The number of furan rings is 1. The van der Waals surface area contributed by atoms with Crippen molar-refractivity contribution in [2.75, 3.05) is 18.0 Å². The lowest BCUT2D eigenvalue weighted by Crippen LogP contribution is -2.36. The molecule has 24 heavy (non-hydrogen) atoms. The summed E-state index contributed by atoms with van der Waals surface area (Å²) in [5, 5.41) is 9.02. The monoisotopic (exact) mass is 349 g/mol. The zero-order valence-corrected chi connectivity index (χ0v) is 14.8. The quantitative estimate of drug-likeness (QED) is 0.804. The summed E-state index contributed by atoms with van der Waals surface area (Å²) >= 11 is 1.33. The minimum atomic E-state index is -0.363. The predicted molar refractivity (Wildman–Crippen MR) is 93.0 cm³/mol. The molecule has 1 aliphatic heterocycles. The fourth-order valence-electron chi connectivity index (χ4n) is 2.89. The molecule has 0 spiro atoms. The molecule has 0 aromatic carbocycles. The summed E-state index contributed by atoms with van der Waals surface area (Å²) < 4.78 is 7.50. The Morgan fingerprint density at radius 2 is 2.38 bits per heavy atom. The zero-order valence-electron chi connectivity index (χ0n) is 14.0. The van der Waals surface area contributed by atoms with Gasteiger partial charge in [-0.05, 0) is 37.8 Å². The number of amides is 1. The fraction of sp³-hybridized carbons (Fsp3) is 0.562. The summed E-state index contributed by atoms with van der Waals surface area (Å²) in [6.07, 6.45) is 4.04. The van der Waals surface area contributed by atoms with E-state index in [9.17, 15) is 4.79 Å². The fourth-order valence-corrected chi connectivity index (χ4v) is 3.68. The molecule has 0 unspecified atom stereocenters. The summed E-state index contributed by atoms with van der Waals surface area (Å²) in [4.78, 5) is 13.7. The first kappa shape index (κ1) is 16.9. The lowest BCUT2D eigenvalue weighted by molar-refractivity contribution is -0.117. The number of nitrogens with zero attached hydrogens (tertiary/aromatic N) is 4. The Morgan fingerprint density at radius 3 is 3.04 bits per heavy atom. The first-order valence-electron chi connectivity index (χ1n) is 8.21. The zero-order chi connectivity index (χ0) is 17.1. The SMILES string of the molecule is C[C@H]1CCCN(c2nnc(S[C@H](C)C(N)=O)n2Cc2ccco2)C1. The molecule has 8 heteroatoms. The van der Waals surface area contributed by atoms with E-state index in [1.54, 1.807) is 13.2 Å². The van der Waals surface area contributed by atoms with Gasteiger partial charge in [0.1, 0.15) is 5.76 Å². The first-order chi connectivity index (χ1) is 11.5. The summed E-state index contributed by atoms with van der Waals surface area (Å²) in [6.45, 7) is 6.50. The lowest BCUT2D eigenvalue weighted by atomic mass is 10.0. The van der Waals surface area contributed by atoms with Gasteiger partial charge in [0.2, 0.25) is 11.9 Å². The van der Waals surface area contributed by atoms with E-state index >= 15 is 0 Å². The summed E-state index contributed by atoms with van der Waals surface area (Å²) in [5.74, 6) is 1.93. The van der Waals surface area contributed by atoms with Crippen molar-refractivity contribution in [2.24, 2.45) is 11.7 Å². The van der Waals surface area contributed by atoms with Gasteiger partial charge in [0.05, 0.1) is 18.1 Å². The Labute approximate surface area is 145 Å². The highest BCUT2D eigenvalue weighted by Gasteiger charge is 2.25. The number of primary amides is 1. The van der Waals surface area contributed by atoms with Crippen LogP contribution in [0.3, 0.4) is 0 Å². The van der Waals surface area contributed by atoms with Gasteiger partial charge in [-0.25, -0.2) is 0 Å². The molecule has 130 valence electrons. The molecule has 7 nitrogen and oxygen atoms in total. The van der Waals surface area contributed by atoms with Crippen LogP contribution in [0.2, 0.25) is 0 Å². The Kier molecular flexibility index (Phi) is 5.13. The predicted octanol–water partition coefficient (Wildman–Crippen LogP) is 2.12. The molecule has 1 fully saturated rings. The van der Waals surface area contributed by atoms with Crippen molar-refractivity contribution in [3.05, 3.63) is 24.2 Å². The number of rotatable bonds is 6. The number of carbonyl (C=O) groups is 1. The highest BCUT2D eigenvalue weighted by Crippen LogP contribution is 2.29. The maximum absolute atomic E-state index is 11.4. The van der Waals surface area contributed by atoms with Crippen LogP contribution < -0.4 is 10.6 Å². The standard InChI is InChI=1S/C16H23N5O2S/c1-11-5-3-7-20(9-11)15-18-19-16(24-12(2)14(17)22)21(15)10-13-6-4-8-23-13/h4,6,8,11-12H,3,5,7,9-10H2,1-2H3,(H2,17,22)/t11-,12+/m0/s1. The number of nitrogens with two attached hydrogens (primary N) is 1. The lowest BCUT2D eigenvalue weighted by Gasteiger charge is -2.31. The van der Waals surface area contributed by atoms with Gasteiger partial charge in [0, 0.05) is 13.1 Å². The molecule has 0 radical (unpaired) electrons. The van der Waals surface area contributed by atoms with Gasteiger partial charge in [-0.1, -0.05) is 18.7 Å². The van der Waals surface area contributed by atoms with Crippen molar-refractivity contribution in [3.8, 4) is 0 Å². The molecule has 1 aliphatic rings. The van der Waals surface area contributed by atoms with Gasteiger partial charge < -0.3 is 15.1 Å². The normalized spacial score (nSPS) is 19.4. The molecule has 0 bridgehead atoms. The van der Waals surface area contributed by atoms with Crippen LogP contribution in [0.1, 0.15) is 32.4 Å². The second-order valence-electron chi connectivity index (χ2n) is 6.30. The molecule has 3 heterocycles. The number of hydrogen-bond donors (Lipinski definition) is 1. The average molecular weight is 349 g/mol. The van der Waals surface area contributed by atoms with Crippen LogP contribution in [0.5, 0.6) is 0 Å². The Balaban J connectivity index is 1.89. The Morgan fingerprint density at radius 1 is 1.54 bits per heavy atom. The second kappa shape index (κ2) is 7.29. The van der Waals surface area contributed by atoms with Gasteiger partial charge in [0.15, 0.2) is 5.16 Å². The molecule has 0 aliphatic carbocycles. The van der Waals surface area contributed by atoms with Crippen molar-refractivity contribution in [2.45, 2.75) is 43.6 Å². The molecular weight excluding hydrogens is 326 g/mol. The largest absolute Gasteiger partial charge is 0.467 e. The van der Waals surface area contributed by atoms with Gasteiger partial charge in [0.25, 0.3) is 0 Å². The highest BCUT2D eigenvalue weighted by molar-refractivity contribution is 8.00. The van der Waals surface area contributed by atoms with Crippen molar-refractivity contribution >= 4 is 23.6 Å².